The molecule has 112 valence electrons. The molecule has 2 nitrogen and oxygen atoms in total. The van der Waals surface area contributed by atoms with Crippen LogP contribution in [-0.4, -0.2) is 30.2 Å². The highest BCUT2D eigenvalue weighted by molar-refractivity contribution is 7.99. The van der Waals surface area contributed by atoms with Gasteiger partial charge >= 0.3 is 0 Å². The molecule has 0 spiro atoms. The number of ether oxygens (including phenoxy) is 1. The zero-order chi connectivity index (χ0) is 14.5. The van der Waals surface area contributed by atoms with Gasteiger partial charge in [-0.1, -0.05) is 43.1 Å². The zero-order valence-corrected chi connectivity index (χ0v) is 14.2. The molecule has 1 heterocycles. The number of thioether (sulfide) groups is 1. The topological polar surface area (TPSA) is 21.3 Å². The Morgan fingerprint density at radius 1 is 1.40 bits per heavy atom. The molecule has 20 heavy (non-hydrogen) atoms. The molecule has 1 saturated heterocycles. The lowest BCUT2D eigenvalue weighted by atomic mass is 10.0. The predicted molar refractivity (Wildman–Crippen MR) is 89.4 cm³/mol. The standard InChI is InChI=1S/C15H21Cl2NOS/c1-10(2)20-9-14(11-6-7-18-8-11)19-13-5-3-4-12(16)15(13)17/h3-5,10-11,14,18H,6-9H2,1-2H3/t11?,14-/m1/s1. The van der Waals surface area contributed by atoms with Crippen LogP contribution in [0.25, 0.3) is 0 Å². The molecule has 1 aromatic carbocycles. The number of rotatable bonds is 6. The van der Waals surface area contributed by atoms with Gasteiger partial charge in [-0.25, -0.2) is 0 Å². The van der Waals surface area contributed by atoms with E-state index in [0.29, 0.717) is 27.0 Å². The van der Waals surface area contributed by atoms with E-state index in [1.807, 2.05) is 23.9 Å². The summed E-state index contributed by atoms with van der Waals surface area (Å²) in [4.78, 5) is 0. The Morgan fingerprint density at radius 2 is 2.20 bits per heavy atom. The van der Waals surface area contributed by atoms with Gasteiger partial charge in [-0.05, 0) is 30.3 Å². The monoisotopic (exact) mass is 333 g/mol. The van der Waals surface area contributed by atoms with E-state index in [-0.39, 0.29) is 6.10 Å². The van der Waals surface area contributed by atoms with Gasteiger partial charge in [-0.3, -0.25) is 0 Å². The molecule has 1 aliphatic rings. The number of halogens is 2. The van der Waals surface area contributed by atoms with Gasteiger partial charge < -0.3 is 10.1 Å². The average Bonchev–Trinajstić information content (AvgIpc) is 2.93. The van der Waals surface area contributed by atoms with E-state index in [4.69, 9.17) is 27.9 Å². The lowest BCUT2D eigenvalue weighted by molar-refractivity contribution is 0.165. The van der Waals surface area contributed by atoms with Gasteiger partial charge in [0.2, 0.25) is 0 Å². The van der Waals surface area contributed by atoms with E-state index >= 15 is 0 Å². The van der Waals surface area contributed by atoms with Crippen molar-refractivity contribution in [3.8, 4) is 5.75 Å². The minimum atomic E-state index is 0.174. The third kappa shape index (κ3) is 4.45. The van der Waals surface area contributed by atoms with Crippen LogP contribution in [0.4, 0.5) is 0 Å². The number of hydrogen-bond acceptors (Lipinski definition) is 3. The molecule has 2 rings (SSSR count). The molecule has 5 heteroatoms. The molecule has 0 amide bonds. The van der Waals surface area contributed by atoms with Gasteiger partial charge in [0.05, 0.1) is 5.02 Å². The summed E-state index contributed by atoms with van der Waals surface area (Å²) >= 11 is 14.2. The Kier molecular flexibility index (Phi) is 6.34. The van der Waals surface area contributed by atoms with Crippen LogP contribution < -0.4 is 10.1 Å². The van der Waals surface area contributed by atoms with Crippen molar-refractivity contribution in [3.63, 3.8) is 0 Å². The van der Waals surface area contributed by atoms with Crippen LogP contribution in [0.3, 0.4) is 0 Å². The summed E-state index contributed by atoms with van der Waals surface area (Å²) in [6, 6.07) is 5.55. The third-order valence-corrected chi connectivity index (χ3v) is 5.40. The number of benzene rings is 1. The summed E-state index contributed by atoms with van der Waals surface area (Å²) in [6.07, 6.45) is 1.33. The van der Waals surface area contributed by atoms with E-state index in [1.54, 1.807) is 6.07 Å². The Labute approximate surface area is 135 Å². The molecule has 0 bridgehead atoms. The van der Waals surface area contributed by atoms with Crippen molar-refractivity contribution in [2.24, 2.45) is 5.92 Å². The summed E-state index contributed by atoms with van der Waals surface area (Å²) in [5.41, 5.74) is 0. The lowest BCUT2D eigenvalue weighted by Crippen LogP contribution is -2.31. The van der Waals surface area contributed by atoms with Crippen molar-refractivity contribution in [1.29, 1.82) is 0 Å². The summed E-state index contributed by atoms with van der Waals surface area (Å²) in [5, 5.41) is 5.06. The minimum Gasteiger partial charge on any atom is -0.488 e. The first-order valence-electron chi connectivity index (χ1n) is 7.01. The Balaban J connectivity index is 2.07. The summed E-state index contributed by atoms with van der Waals surface area (Å²) in [7, 11) is 0. The fourth-order valence-corrected chi connectivity index (χ4v) is 3.54. The summed E-state index contributed by atoms with van der Waals surface area (Å²) < 4.78 is 6.18. The zero-order valence-electron chi connectivity index (χ0n) is 11.9. The first-order valence-corrected chi connectivity index (χ1v) is 8.81. The van der Waals surface area contributed by atoms with Crippen molar-refractivity contribution < 1.29 is 4.74 Å². The first-order chi connectivity index (χ1) is 9.58. The van der Waals surface area contributed by atoms with Crippen molar-refractivity contribution in [3.05, 3.63) is 28.2 Å². The van der Waals surface area contributed by atoms with E-state index in [9.17, 15) is 0 Å². The van der Waals surface area contributed by atoms with Crippen LogP contribution >= 0.6 is 35.0 Å². The molecule has 2 atom stereocenters. The van der Waals surface area contributed by atoms with Crippen LogP contribution in [0.5, 0.6) is 5.75 Å². The molecule has 1 fully saturated rings. The average molecular weight is 334 g/mol. The smallest absolute Gasteiger partial charge is 0.139 e. The largest absolute Gasteiger partial charge is 0.488 e. The van der Waals surface area contributed by atoms with E-state index in [0.717, 1.165) is 25.3 Å². The fraction of sp³-hybridized carbons (Fsp3) is 0.600. The van der Waals surface area contributed by atoms with Crippen molar-refractivity contribution >= 4 is 35.0 Å². The Morgan fingerprint density at radius 3 is 2.85 bits per heavy atom. The van der Waals surface area contributed by atoms with Crippen LogP contribution in [0.1, 0.15) is 20.3 Å². The van der Waals surface area contributed by atoms with Gasteiger partial charge in [-0.2, -0.15) is 11.8 Å². The van der Waals surface area contributed by atoms with E-state index in [1.165, 1.54) is 0 Å². The lowest BCUT2D eigenvalue weighted by Gasteiger charge is -2.25. The van der Waals surface area contributed by atoms with E-state index < -0.39 is 0 Å². The molecule has 1 unspecified atom stereocenters. The molecule has 1 N–H and O–H groups in total. The van der Waals surface area contributed by atoms with Gasteiger partial charge in [0.25, 0.3) is 0 Å². The maximum atomic E-state index is 6.23. The number of nitrogens with one attached hydrogen (secondary N) is 1. The SMILES string of the molecule is CC(C)SC[C@@H](Oc1cccc(Cl)c1Cl)C1CCNC1. The molecule has 0 aliphatic carbocycles. The molecule has 0 aromatic heterocycles. The number of hydrogen-bond donors (Lipinski definition) is 1. The highest BCUT2D eigenvalue weighted by Gasteiger charge is 2.27. The molecule has 0 radical (unpaired) electrons. The van der Waals surface area contributed by atoms with Gasteiger partial charge in [0.1, 0.15) is 16.9 Å². The molecule has 1 aliphatic heterocycles. The van der Waals surface area contributed by atoms with Gasteiger partial charge in [0.15, 0.2) is 0 Å². The predicted octanol–water partition coefficient (Wildman–Crippen LogP) is 4.49. The van der Waals surface area contributed by atoms with Crippen LogP contribution in [-0.2, 0) is 0 Å². The maximum Gasteiger partial charge on any atom is 0.139 e. The first kappa shape index (κ1) is 16.3. The van der Waals surface area contributed by atoms with E-state index in [2.05, 4.69) is 19.2 Å². The van der Waals surface area contributed by atoms with Crippen molar-refractivity contribution in [2.75, 3.05) is 18.8 Å². The fourth-order valence-electron chi connectivity index (χ4n) is 2.29. The second-order valence-corrected chi connectivity index (χ2v) is 7.74. The second-order valence-electron chi connectivity index (χ2n) is 5.34. The Bertz CT molecular complexity index is 436. The van der Waals surface area contributed by atoms with Crippen LogP contribution in [0.15, 0.2) is 18.2 Å². The summed E-state index contributed by atoms with van der Waals surface area (Å²) in [5.74, 6) is 2.21. The summed E-state index contributed by atoms with van der Waals surface area (Å²) in [6.45, 7) is 6.50. The Hall–Kier alpha value is -0.0900. The van der Waals surface area contributed by atoms with Gasteiger partial charge in [-0.15, -0.1) is 0 Å². The van der Waals surface area contributed by atoms with Gasteiger partial charge in [0, 0.05) is 18.2 Å². The normalized spacial score (nSPS) is 20.4. The van der Waals surface area contributed by atoms with Crippen LogP contribution in [0, 0.1) is 5.92 Å². The second kappa shape index (κ2) is 7.79. The maximum absolute atomic E-state index is 6.23. The highest BCUT2D eigenvalue weighted by Crippen LogP contribution is 2.34. The third-order valence-electron chi connectivity index (χ3n) is 3.41. The molecule has 0 saturated carbocycles. The molecule has 1 aromatic rings. The quantitative estimate of drug-likeness (QED) is 0.828. The molecular formula is C15H21Cl2NOS. The van der Waals surface area contributed by atoms with Crippen molar-refractivity contribution in [2.45, 2.75) is 31.6 Å². The van der Waals surface area contributed by atoms with Crippen LogP contribution in [0.2, 0.25) is 10.0 Å². The molecular weight excluding hydrogens is 313 g/mol. The minimum absolute atomic E-state index is 0.174. The van der Waals surface area contributed by atoms with Crippen molar-refractivity contribution in [1.82, 2.24) is 5.32 Å². The highest BCUT2D eigenvalue weighted by atomic mass is 35.5.